The molecule has 28 heavy (non-hydrogen) atoms. The quantitative estimate of drug-likeness (QED) is 0.209. The number of aliphatic hydroxyl groups is 1. The Labute approximate surface area is 172 Å². The van der Waals surface area contributed by atoms with Crippen molar-refractivity contribution >= 4 is 16.0 Å². The summed E-state index contributed by atoms with van der Waals surface area (Å²) >= 11 is 0. The molecule has 0 rings (SSSR count). The van der Waals surface area contributed by atoms with E-state index >= 15 is 0 Å². The topological polar surface area (TPSA) is 104 Å². The van der Waals surface area contributed by atoms with Crippen molar-refractivity contribution in [2.75, 3.05) is 5.75 Å². The van der Waals surface area contributed by atoms with Gasteiger partial charge in [-0.15, -0.1) is 0 Å². The molecule has 3 N–H and O–H groups in total. The average molecular weight is 422 g/mol. The number of nitrogens with one attached hydrogen (secondary N) is 1. The van der Waals surface area contributed by atoms with Crippen molar-refractivity contribution in [2.24, 2.45) is 0 Å². The van der Waals surface area contributed by atoms with Crippen LogP contribution in [0.2, 0.25) is 0 Å². The molecule has 0 bridgehead atoms. The molecule has 2 unspecified atom stereocenters. The first-order valence-electron chi connectivity index (χ1n) is 11.2. The van der Waals surface area contributed by atoms with E-state index in [1.807, 2.05) is 0 Å². The van der Waals surface area contributed by atoms with Crippen LogP contribution in [0, 0.1) is 0 Å². The van der Waals surface area contributed by atoms with Gasteiger partial charge in [-0.25, -0.2) is 0 Å². The van der Waals surface area contributed by atoms with Gasteiger partial charge < -0.3 is 10.4 Å². The van der Waals surface area contributed by atoms with Crippen LogP contribution in [0.25, 0.3) is 0 Å². The lowest BCUT2D eigenvalue weighted by atomic mass is 10.0. The SMILES string of the molecule is CCCCCCCCCC(=O)NC(CS(=O)(=O)O)C(O)CCCCCCCC. The molecule has 0 saturated heterocycles. The highest BCUT2D eigenvalue weighted by atomic mass is 32.2. The third-order valence-electron chi connectivity index (χ3n) is 5.06. The second-order valence-electron chi connectivity index (χ2n) is 7.92. The Morgan fingerprint density at radius 3 is 1.79 bits per heavy atom. The van der Waals surface area contributed by atoms with E-state index in [0.717, 1.165) is 44.9 Å². The maximum atomic E-state index is 12.1. The predicted octanol–water partition coefficient (Wildman–Crippen LogP) is 4.61. The first-order chi connectivity index (χ1) is 13.3. The molecule has 0 aliphatic heterocycles. The van der Waals surface area contributed by atoms with Gasteiger partial charge in [0.25, 0.3) is 10.1 Å². The number of hydrogen-bond donors (Lipinski definition) is 3. The molecule has 0 aromatic rings. The molecular formula is C21H43NO5S. The Kier molecular flexibility index (Phi) is 16.8. The first-order valence-corrected chi connectivity index (χ1v) is 12.8. The molecule has 0 aliphatic carbocycles. The highest BCUT2D eigenvalue weighted by Crippen LogP contribution is 2.13. The van der Waals surface area contributed by atoms with E-state index in [1.165, 1.54) is 38.5 Å². The zero-order valence-corrected chi connectivity index (χ0v) is 18.8. The maximum Gasteiger partial charge on any atom is 0.266 e. The normalized spacial score (nSPS) is 14.0. The van der Waals surface area contributed by atoms with Crippen molar-refractivity contribution in [3.8, 4) is 0 Å². The molecule has 0 heterocycles. The summed E-state index contributed by atoms with van der Waals surface area (Å²) in [5.41, 5.74) is 0. The van der Waals surface area contributed by atoms with Crippen LogP contribution < -0.4 is 5.32 Å². The summed E-state index contributed by atoms with van der Waals surface area (Å²) in [5.74, 6) is -0.906. The highest BCUT2D eigenvalue weighted by molar-refractivity contribution is 7.85. The van der Waals surface area contributed by atoms with Crippen molar-refractivity contribution in [3.05, 3.63) is 0 Å². The van der Waals surface area contributed by atoms with Crippen molar-refractivity contribution < 1.29 is 22.9 Å². The van der Waals surface area contributed by atoms with E-state index in [2.05, 4.69) is 19.2 Å². The minimum absolute atomic E-state index is 0.260. The molecule has 1 amide bonds. The Morgan fingerprint density at radius 2 is 1.29 bits per heavy atom. The highest BCUT2D eigenvalue weighted by Gasteiger charge is 2.25. The van der Waals surface area contributed by atoms with Crippen LogP contribution in [-0.4, -0.2) is 41.9 Å². The fourth-order valence-electron chi connectivity index (χ4n) is 3.33. The van der Waals surface area contributed by atoms with Crippen LogP contribution in [0.15, 0.2) is 0 Å². The zero-order chi connectivity index (χ0) is 21.3. The molecule has 2 atom stereocenters. The minimum Gasteiger partial charge on any atom is -0.391 e. The average Bonchev–Trinajstić information content (AvgIpc) is 2.62. The van der Waals surface area contributed by atoms with Gasteiger partial charge in [0.2, 0.25) is 5.91 Å². The van der Waals surface area contributed by atoms with Crippen LogP contribution in [0.3, 0.4) is 0 Å². The van der Waals surface area contributed by atoms with Crippen molar-refractivity contribution in [2.45, 2.75) is 122 Å². The minimum atomic E-state index is -4.27. The summed E-state index contributed by atoms with van der Waals surface area (Å²) in [6.07, 6.45) is 13.8. The monoisotopic (exact) mass is 421 g/mol. The largest absolute Gasteiger partial charge is 0.391 e. The summed E-state index contributed by atoms with van der Waals surface area (Å²) in [4.78, 5) is 12.1. The van der Waals surface area contributed by atoms with E-state index < -0.39 is 28.0 Å². The smallest absolute Gasteiger partial charge is 0.266 e. The van der Waals surface area contributed by atoms with Gasteiger partial charge in [0.15, 0.2) is 0 Å². The van der Waals surface area contributed by atoms with Crippen LogP contribution in [0.5, 0.6) is 0 Å². The molecule has 0 spiro atoms. The molecule has 0 aromatic carbocycles. The van der Waals surface area contributed by atoms with Crippen LogP contribution in [0.1, 0.15) is 110 Å². The van der Waals surface area contributed by atoms with E-state index in [1.54, 1.807) is 0 Å². The van der Waals surface area contributed by atoms with Crippen LogP contribution >= 0.6 is 0 Å². The molecule has 0 saturated carbocycles. The number of rotatable bonds is 19. The summed E-state index contributed by atoms with van der Waals surface area (Å²) in [6, 6.07) is -0.956. The first kappa shape index (κ1) is 27.3. The van der Waals surface area contributed by atoms with E-state index in [4.69, 9.17) is 4.55 Å². The second-order valence-corrected chi connectivity index (χ2v) is 9.41. The van der Waals surface area contributed by atoms with E-state index in [0.29, 0.717) is 12.8 Å². The molecule has 168 valence electrons. The Morgan fingerprint density at radius 1 is 0.821 bits per heavy atom. The predicted molar refractivity (Wildman–Crippen MR) is 115 cm³/mol. The van der Waals surface area contributed by atoms with Crippen LogP contribution in [0.4, 0.5) is 0 Å². The van der Waals surface area contributed by atoms with Crippen molar-refractivity contribution in [1.29, 1.82) is 0 Å². The van der Waals surface area contributed by atoms with Crippen molar-refractivity contribution in [3.63, 3.8) is 0 Å². The lowest BCUT2D eigenvalue weighted by Crippen LogP contribution is -2.47. The van der Waals surface area contributed by atoms with E-state index in [-0.39, 0.29) is 5.91 Å². The Hall–Kier alpha value is -0.660. The van der Waals surface area contributed by atoms with Crippen molar-refractivity contribution in [1.82, 2.24) is 5.32 Å². The van der Waals surface area contributed by atoms with Crippen LogP contribution in [-0.2, 0) is 14.9 Å². The Balaban J connectivity index is 4.22. The van der Waals surface area contributed by atoms with E-state index in [9.17, 15) is 18.3 Å². The van der Waals surface area contributed by atoms with Gasteiger partial charge >= 0.3 is 0 Å². The molecular weight excluding hydrogens is 378 g/mol. The van der Waals surface area contributed by atoms with Gasteiger partial charge in [-0.3, -0.25) is 9.35 Å². The molecule has 0 aliphatic rings. The standard InChI is InChI=1S/C21H43NO5S/c1-3-5-7-9-11-13-15-17-21(24)22-19(18-28(25,26)27)20(23)16-14-12-10-8-6-4-2/h19-20,23H,3-18H2,1-2H3,(H,22,24)(H,25,26,27). The lowest BCUT2D eigenvalue weighted by Gasteiger charge is -2.23. The summed E-state index contributed by atoms with van der Waals surface area (Å²) in [6.45, 7) is 4.33. The van der Waals surface area contributed by atoms with Gasteiger partial charge in [0.05, 0.1) is 17.9 Å². The van der Waals surface area contributed by atoms with Gasteiger partial charge in [0.1, 0.15) is 0 Å². The maximum absolute atomic E-state index is 12.1. The lowest BCUT2D eigenvalue weighted by molar-refractivity contribution is -0.122. The number of unbranched alkanes of at least 4 members (excludes halogenated alkanes) is 11. The fourth-order valence-corrected chi connectivity index (χ4v) is 4.09. The molecule has 7 heteroatoms. The van der Waals surface area contributed by atoms with Gasteiger partial charge in [-0.2, -0.15) is 8.42 Å². The Bertz CT molecular complexity index is 481. The molecule has 0 radical (unpaired) electrons. The van der Waals surface area contributed by atoms with Gasteiger partial charge in [0, 0.05) is 6.42 Å². The molecule has 6 nitrogen and oxygen atoms in total. The summed E-state index contributed by atoms with van der Waals surface area (Å²) in [7, 11) is -4.27. The zero-order valence-electron chi connectivity index (χ0n) is 18.0. The number of carbonyl (C=O) groups excluding carboxylic acids is 1. The number of amides is 1. The summed E-state index contributed by atoms with van der Waals surface area (Å²) < 4.78 is 31.7. The third-order valence-corrected chi connectivity index (χ3v) is 5.84. The third kappa shape index (κ3) is 17.4. The second kappa shape index (κ2) is 17.2. The fraction of sp³-hybridized carbons (Fsp3) is 0.952. The number of hydrogen-bond acceptors (Lipinski definition) is 4. The number of aliphatic hydroxyl groups excluding tert-OH is 1. The summed E-state index contributed by atoms with van der Waals surface area (Å²) in [5, 5.41) is 12.9. The molecule has 0 fully saturated rings. The number of carbonyl (C=O) groups is 1. The van der Waals surface area contributed by atoms with Gasteiger partial charge in [-0.1, -0.05) is 90.9 Å². The van der Waals surface area contributed by atoms with Gasteiger partial charge in [-0.05, 0) is 12.8 Å². The molecule has 0 aromatic heterocycles.